The van der Waals surface area contributed by atoms with E-state index in [1.54, 1.807) is 30.3 Å². The molecule has 2 aromatic carbocycles. The second kappa shape index (κ2) is 5.82. The van der Waals surface area contributed by atoms with Gasteiger partial charge in [0.05, 0.1) is 16.3 Å². The van der Waals surface area contributed by atoms with E-state index >= 15 is 0 Å². The van der Waals surface area contributed by atoms with Gasteiger partial charge in [-0.2, -0.15) is 0 Å². The van der Waals surface area contributed by atoms with Crippen LogP contribution in [-0.2, 0) is 0 Å². The van der Waals surface area contributed by atoms with Crippen LogP contribution in [0, 0.1) is 0 Å². The van der Waals surface area contributed by atoms with Crippen molar-refractivity contribution in [1.29, 1.82) is 0 Å². The number of halogens is 3. The average Bonchev–Trinajstić information content (AvgIpc) is 2.36. The molecule has 2 N–H and O–H groups in total. The van der Waals surface area contributed by atoms with Crippen molar-refractivity contribution >= 4 is 56.5 Å². The second-order valence-corrected chi connectivity index (χ2v) is 5.45. The van der Waals surface area contributed by atoms with Crippen LogP contribution in [0.2, 0.25) is 10.0 Å². The smallest absolute Gasteiger partial charge is 0.337 e. The van der Waals surface area contributed by atoms with E-state index in [2.05, 4.69) is 21.2 Å². The van der Waals surface area contributed by atoms with Crippen LogP contribution >= 0.6 is 39.1 Å². The maximum atomic E-state index is 11.2. The molecule has 0 heterocycles. The first-order chi connectivity index (χ1) is 8.97. The van der Waals surface area contributed by atoms with Crippen molar-refractivity contribution in [1.82, 2.24) is 0 Å². The minimum absolute atomic E-state index is 0.103. The predicted molar refractivity (Wildman–Crippen MR) is 80.8 cm³/mol. The summed E-state index contributed by atoms with van der Waals surface area (Å²) in [7, 11) is 0. The van der Waals surface area contributed by atoms with E-state index in [4.69, 9.17) is 28.3 Å². The van der Waals surface area contributed by atoms with E-state index in [1.807, 2.05) is 0 Å². The van der Waals surface area contributed by atoms with Crippen LogP contribution in [0.1, 0.15) is 10.4 Å². The highest BCUT2D eigenvalue weighted by atomic mass is 79.9. The number of hydrogen-bond acceptors (Lipinski definition) is 2. The van der Waals surface area contributed by atoms with Gasteiger partial charge in [0.1, 0.15) is 0 Å². The summed E-state index contributed by atoms with van der Waals surface area (Å²) in [5, 5.41) is 13.0. The number of carbonyl (C=O) groups is 1. The third-order valence-electron chi connectivity index (χ3n) is 2.41. The Kier molecular flexibility index (Phi) is 4.34. The summed E-state index contributed by atoms with van der Waals surface area (Å²) >= 11 is 15.1. The zero-order chi connectivity index (χ0) is 14.0. The highest BCUT2D eigenvalue weighted by molar-refractivity contribution is 9.10. The van der Waals surface area contributed by atoms with Gasteiger partial charge in [-0.05, 0) is 52.3 Å². The van der Waals surface area contributed by atoms with E-state index in [-0.39, 0.29) is 5.56 Å². The average molecular weight is 361 g/mol. The molecule has 2 aromatic rings. The van der Waals surface area contributed by atoms with Crippen molar-refractivity contribution < 1.29 is 9.90 Å². The van der Waals surface area contributed by atoms with E-state index < -0.39 is 5.97 Å². The Balaban J connectivity index is 2.37. The molecule has 0 aliphatic heterocycles. The van der Waals surface area contributed by atoms with Gasteiger partial charge < -0.3 is 10.4 Å². The van der Waals surface area contributed by atoms with Crippen LogP contribution in [0.4, 0.5) is 11.4 Å². The molecule has 2 rings (SSSR count). The summed E-state index contributed by atoms with van der Waals surface area (Å²) in [5.41, 5.74) is 1.25. The van der Waals surface area contributed by atoms with Gasteiger partial charge >= 0.3 is 5.97 Å². The molecule has 0 saturated carbocycles. The molecule has 0 aliphatic rings. The first-order valence-corrected chi connectivity index (χ1v) is 6.77. The molecule has 0 spiro atoms. The molecule has 0 radical (unpaired) electrons. The maximum absolute atomic E-state index is 11.2. The Morgan fingerprint density at radius 2 is 1.89 bits per heavy atom. The summed E-state index contributed by atoms with van der Waals surface area (Å²) in [6.07, 6.45) is 0. The van der Waals surface area contributed by atoms with Crippen molar-refractivity contribution in [3.8, 4) is 0 Å². The van der Waals surface area contributed by atoms with Crippen molar-refractivity contribution in [2.75, 3.05) is 5.32 Å². The molecule has 0 amide bonds. The lowest BCUT2D eigenvalue weighted by atomic mass is 10.1. The fourth-order valence-electron chi connectivity index (χ4n) is 1.53. The van der Waals surface area contributed by atoms with Gasteiger partial charge in [0.2, 0.25) is 0 Å². The molecular formula is C13H8BrCl2NO2. The lowest BCUT2D eigenvalue weighted by molar-refractivity contribution is 0.0698. The monoisotopic (exact) mass is 359 g/mol. The quantitative estimate of drug-likeness (QED) is 0.791. The van der Waals surface area contributed by atoms with Gasteiger partial charge in [-0.3, -0.25) is 0 Å². The largest absolute Gasteiger partial charge is 0.478 e. The Hall–Kier alpha value is -1.23. The molecular weight excluding hydrogens is 353 g/mol. The van der Waals surface area contributed by atoms with Crippen molar-refractivity contribution in [2.24, 2.45) is 0 Å². The van der Waals surface area contributed by atoms with E-state index in [0.29, 0.717) is 21.4 Å². The van der Waals surface area contributed by atoms with Crippen LogP contribution in [-0.4, -0.2) is 11.1 Å². The number of anilines is 2. The minimum Gasteiger partial charge on any atom is -0.478 e. The molecule has 0 bridgehead atoms. The highest BCUT2D eigenvalue weighted by Gasteiger charge is 2.11. The molecule has 3 nitrogen and oxygen atoms in total. The Morgan fingerprint density at radius 3 is 2.53 bits per heavy atom. The SMILES string of the molecule is O=C(O)c1cc(Cl)ccc1Nc1ccc(Br)c(Cl)c1. The van der Waals surface area contributed by atoms with E-state index in [1.165, 1.54) is 6.07 Å². The number of rotatable bonds is 3. The fourth-order valence-corrected chi connectivity index (χ4v) is 2.13. The molecule has 0 fully saturated rings. The number of nitrogens with one attached hydrogen (secondary N) is 1. The van der Waals surface area contributed by atoms with Crippen LogP contribution < -0.4 is 5.32 Å². The number of benzene rings is 2. The third-order valence-corrected chi connectivity index (χ3v) is 3.88. The maximum Gasteiger partial charge on any atom is 0.337 e. The van der Waals surface area contributed by atoms with Crippen LogP contribution in [0.15, 0.2) is 40.9 Å². The number of carboxylic acid groups (broad SMARTS) is 1. The van der Waals surface area contributed by atoms with E-state index in [9.17, 15) is 4.79 Å². The Morgan fingerprint density at radius 1 is 1.16 bits per heavy atom. The molecule has 0 aliphatic carbocycles. The molecule has 0 atom stereocenters. The van der Waals surface area contributed by atoms with Gasteiger partial charge in [-0.15, -0.1) is 0 Å². The number of aromatic carboxylic acids is 1. The van der Waals surface area contributed by atoms with Crippen molar-refractivity contribution in [2.45, 2.75) is 0 Å². The van der Waals surface area contributed by atoms with E-state index in [0.717, 1.165) is 4.47 Å². The zero-order valence-corrected chi connectivity index (χ0v) is 12.6. The zero-order valence-electron chi connectivity index (χ0n) is 9.45. The van der Waals surface area contributed by atoms with Crippen molar-refractivity contribution in [3.05, 3.63) is 56.5 Å². The van der Waals surface area contributed by atoms with Gasteiger partial charge in [0.15, 0.2) is 0 Å². The second-order valence-electron chi connectivity index (χ2n) is 3.75. The lowest BCUT2D eigenvalue weighted by Crippen LogP contribution is -2.02. The van der Waals surface area contributed by atoms with Crippen molar-refractivity contribution in [3.63, 3.8) is 0 Å². The molecule has 0 aromatic heterocycles. The number of hydrogen-bond donors (Lipinski definition) is 2. The van der Waals surface area contributed by atoms with Gasteiger partial charge in [0.25, 0.3) is 0 Å². The Labute approximate surface area is 128 Å². The summed E-state index contributed by atoms with van der Waals surface area (Å²) in [5.74, 6) is -1.05. The summed E-state index contributed by atoms with van der Waals surface area (Å²) in [6.45, 7) is 0. The molecule has 6 heteroatoms. The standard InChI is InChI=1S/C13H8BrCl2NO2/c14-10-3-2-8(6-11(10)16)17-12-4-1-7(15)5-9(12)13(18)19/h1-6,17H,(H,18,19). The predicted octanol–water partition coefficient (Wildman–Crippen LogP) is 5.20. The summed E-state index contributed by atoms with van der Waals surface area (Å²) < 4.78 is 0.772. The summed E-state index contributed by atoms with van der Waals surface area (Å²) in [4.78, 5) is 11.2. The first-order valence-electron chi connectivity index (χ1n) is 5.22. The van der Waals surface area contributed by atoms with Crippen LogP contribution in [0.25, 0.3) is 0 Å². The van der Waals surface area contributed by atoms with Gasteiger partial charge in [-0.1, -0.05) is 23.2 Å². The van der Waals surface area contributed by atoms with Gasteiger partial charge in [0, 0.05) is 15.2 Å². The van der Waals surface area contributed by atoms with Gasteiger partial charge in [-0.25, -0.2) is 4.79 Å². The highest BCUT2D eigenvalue weighted by Crippen LogP contribution is 2.29. The fraction of sp³-hybridized carbons (Fsp3) is 0. The van der Waals surface area contributed by atoms with Crippen LogP contribution in [0.3, 0.4) is 0 Å². The minimum atomic E-state index is -1.05. The lowest BCUT2D eigenvalue weighted by Gasteiger charge is -2.10. The molecule has 19 heavy (non-hydrogen) atoms. The first kappa shape index (κ1) is 14.2. The Bertz CT molecular complexity index is 647. The number of carboxylic acids is 1. The molecule has 98 valence electrons. The third kappa shape index (κ3) is 3.41. The molecule has 0 unspecified atom stereocenters. The summed E-state index contributed by atoms with van der Waals surface area (Å²) in [6, 6.07) is 9.90. The molecule has 0 saturated heterocycles. The normalized spacial score (nSPS) is 10.3. The van der Waals surface area contributed by atoms with Crippen LogP contribution in [0.5, 0.6) is 0 Å². The topological polar surface area (TPSA) is 49.3 Å².